The van der Waals surface area contributed by atoms with Crippen LogP contribution >= 0.6 is 0 Å². The normalized spacial score (nSPS) is 20.6. The Morgan fingerprint density at radius 2 is 1.16 bits per heavy atom. The van der Waals surface area contributed by atoms with Crippen LogP contribution in [-0.4, -0.2) is 0 Å². The van der Waals surface area contributed by atoms with Gasteiger partial charge < -0.3 is 0 Å². The molecule has 3 aliphatic carbocycles. The SMILES string of the molecule is c1ccc2c(c1)-c1ccccc1C21c2ccccc2C2Cc3c(ccc4ccccc34)C21. The number of hydrogen-bond donors (Lipinski definition) is 0. The van der Waals surface area contributed by atoms with Gasteiger partial charge in [0.05, 0.1) is 5.41 Å². The van der Waals surface area contributed by atoms with E-state index >= 15 is 0 Å². The fourth-order valence-corrected chi connectivity index (χ4v) is 7.49. The van der Waals surface area contributed by atoms with Crippen molar-refractivity contribution in [1.82, 2.24) is 0 Å². The van der Waals surface area contributed by atoms with Crippen molar-refractivity contribution in [2.45, 2.75) is 23.7 Å². The molecule has 0 saturated carbocycles. The van der Waals surface area contributed by atoms with Crippen molar-refractivity contribution in [2.24, 2.45) is 0 Å². The Morgan fingerprint density at radius 1 is 0.531 bits per heavy atom. The van der Waals surface area contributed by atoms with E-state index in [-0.39, 0.29) is 5.41 Å². The lowest BCUT2D eigenvalue weighted by molar-refractivity contribution is 0.490. The van der Waals surface area contributed by atoms with E-state index < -0.39 is 0 Å². The van der Waals surface area contributed by atoms with Gasteiger partial charge in [0.15, 0.2) is 0 Å². The fourth-order valence-electron chi connectivity index (χ4n) is 7.49. The van der Waals surface area contributed by atoms with Gasteiger partial charge in [-0.3, -0.25) is 0 Å². The molecular formula is C32H22. The summed E-state index contributed by atoms with van der Waals surface area (Å²) in [6, 6.07) is 41.3. The molecule has 0 aliphatic heterocycles. The summed E-state index contributed by atoms with van der Waals surface area (Å²) >= 11 is 0. The number of hydrogen-bond acceptors (Lipinski definition) is 0. The first-order valence-corrected chi connectivity index (χ1v) is 11.7. The summed E-state index contributed by atoms with van der Waals surface area (Å²) in [5.41, 5.74) is 11.9. The molecule has 2 atom stereocenters. The first-order valence-electron chi connectivity index (χ1n) is 11.7. The Balaban J connectivity index is 1.54. The summed E-state index contributed by atoms with van der Waals surface area (Å²) < 4.78 is 0. The molecule has 0 heterocycles. The van der Waals surface area contributed by atoms with Crippen LogP contribution < -0.4 is 0 Å². The third-order valence-electron chi connectivity index (χ3n) is 8.48. The van der Waals surface area contributed by atoms with E-state index in [4.69, 9.17) is 0 Å². The van der Waals surface area contributed by atoms with Crippen LogP contribution in [0.15, 0.2) is 109 Å². The standard InChI is InChI=1S/C32H22/c1-2-10-21-20(9-1)17-18-25-26(21)19-27-24-13-5-8-16-30(24)32(31(25)27)28-14-6-3-11-22(28)23-12-4-7-15-29(23)32/h1-18,27,31H,19H2. The van der Waals surface area contributed by atoms with Gasteiger partial charge in [-0.25, -0.2) is 0 Å². The van der Waals surface area contributed by atoms with Crippen molar-refractivity contribution >= 4 is 10.8 Å². The lowest BCUT2D eigenvalue weighted by atomic mass is 9.65. The molecule has 0 fully saturated rings. The van der Waals surface area contributed by atoms with Crippen LogP contribution in [0.2, 0.25) is 0 Å². The molecule has 0 saturated heterocycles. The third kappa shape index (κ3) is 1.79. The molecule has 32 heavy (non-hydrogen) atoms. The molecule has 3 aliphatic rings. The molecule has 150 valence electrons. The van der Waals surface area contributed by atoms with Crippen molar-refractivity contribution in [3.8, 4) is 11.1 Å². The zero-order valence-corrected chi connectivity index (χ0v) is 17.8. The molecule has 1 spiro atoms. The Morgan fingerprint density at radius 3 is 1.94 bits per heavy atom. The summed E-state index contributed by atoms with van der Waals surface area (Å²) in [7, 11) is 0. The number of benzene rings is 5. The lowest BCUT2D eigenvalue weighted by Gasteiger charge is -2.36. The highest BCUT2D eigenvalue weighted by molar-refractivity contribution is 5.91. The first kappa shape index (κ1) is 17.0. The van der Waals surface area contributed by atoms with Gasteiger partial charge in [-0.1, -0.05) is 109 Å². The Hall–Kier alpha value is -3.64. The van der Waals surface area contributed by atoms with E-state index in [1.807, 2.05) is 0 Å². The van der Waals surface area contributed by atoms with Gasteiger partial charge >= 0.3 is 0 Å². The second kappa shape index (κ2) is 5.78. The fraction of sp³-hybridized carbons (Fsp3) is 0.125. The van der Waals surface area contributed by atoms with Crippen molar-refractivity contribution < 1.29 is 0 Å². The van der Waals surface area contributed by atoms with Gasteiger partial charge in [0.25, 0.3) is 0 Å². The van der Waals surface area contributed by atoms with Crippen LogP contribution in [0, 0.1) is 0 Å². The Labute approximate surface area is 188 Å². The minimum absolute atomic E-state index is 0.109. The zero-order valence-electron chi connectivity index (χ0n) is 17.8. The average molecular weight is 407 g/mol. The van der Waals surface area contributed by atoms with Crippen LogP contribution in [0.25, 0.3) is 21.9 Å². The highest BCUT2D eigenvalue weighted by Gasteiger charge is 2.60. The van der Waals surface area contributed by atoms with Crippen LogP contribution in [0.4, 0.5) is 0 Å². The Bertz CT molecular complexity index is 1530. The van der Waals surface area contributed by atoms with Crippen LogP contribution in [-0.2, 0) is 11.8 Å². The minimum atomic E-state index is -0.109. The first-order chi connectivity index (χ1) is 15.9. The maximum atomic E-state index is 2.44. The molecule has 5 aromatic carbocycles. The second-order valence-electron chi connectivity index (χ2n) is 9.63. The molecule has 0 bridgehead atoms. The monoisotopic (exact) mass is 406 g/mol. The quantitative estimate of drug-likeness (QED) is 0.248. The maximum absolute atomic E-state index is 2.44. The van der Waals surface area contributed by atoms with Gasteiger partial charge in [-0.05, 0) is 67.6 Å². The highest BCUT2D eigenvalue weighted by Crippen LogP contribution is 2.70. The van der Waals surface area contributed by atoms with Gasteiger partial charge in [0.1, 0.15) is 0 Å². The van der Waals surface area contributed by atoms with Gasteiger partial charge in [0, 0.05) is 5.92 Å². The minimum Gasteiger partial charge on any atom is -0.0620 e. The van der Waals surface area contributed by atoms with E-state index in [2.05, 4.69) is 109 Å². The summed E-state index contributed by atoms with van der Waals surface area (Å²) in [6.07, 6.45) is 1.13. The van der Waals surface area contributed by atoms with Gasteiger partial charge in [-0.2, -0.15) is 0 Å². The molecule has 8 rings (SSSR count). The van der Waals surface area contributed by atoms with Crippen LogP contribution in [0.3, 0.4) is 0 Å². The van der Waals surface area contributed by atoms with E-state index in [0.717, 1.165) is 6.42 Å². The molecule has 2 unspecified atom stereocenters. The van der Waals surface area contributed by atoms with Crippen molar-refractivity contribution in [3.63, 3.8) is 0 Å². The van der Waals surface area contributed by atoms with Gasteiger partial charge in [0.2, 0.25) is 0 Å². The van der Waals surface area contributed by atoms with E-state index in [1.54, 1.807) is 16.7 Å². The van der Waals surface area contributed by atoms with E-state index in [0.29, 0.717) is 11.8 Å². The van der Waals surface area contributed by atoms with Crippen LogP contribution in [0.1, 0.15) is 45.2 Å². The predicted octanol–water partition coefficient (Wildman–Crippen LogP) is 7.59. The molecule has 5 aromatic rings. The number of rotatable bonds is 0. The lowest BCUT2D eigenvalue weighted by Crippen LogP contribution is -2.31. The molecule has 0 N–H and O–H groups in total. The van der Waals surface area contributed by atoms with Crippen molar-refractivity contribution in [2.75, 3.05) is 0 Å². The summed E-state index contributed by atoms with van der Waals surface area (Å²) in [5.74, 6) is 0.954. The zero-order chi connectivity index (χ0) is 20.9. The number of fused-ring (bicyclic) bond motifs is 14. The highest BCUT2D eigenvalue weighted by atomic mass is 14.6. The predicted molar refractivity (Wildman–Crippen MR) is 131 cm³/mol. The molecular weight excluding hydrogens is 384 g/mol. The summed E-state index contributed by atoms with van der Waals surface area (Å²) in [6.45, 7) is 0. The Kier molecular flexibility index (Phi) is 3.07. The molecule has 0 nitrogen and oxygen atoms in total. The third-order valence-corrected chi connectivity index (χ3v) is 8.48. The second-order valence-corrected chi connectivity index (χ2v) is 9.63. The van der Waals surface area contributed by atoms with E-state index in [1.165, 1.54) is 38.6 Å². The van der Waals surface area contributed by atoms with Gasteiger partial charge in [-0.15, -0.1) is 0 Å². The topological polar surface area (TPSA) is 0 Å². The maximum Gasteiger partial charge on any atom is 0.0540 e. The van der Waals surface area contributed by atoms with Crippen molar-refractivity contribution in [1.29, 1.82) is 0 Å². The van der Waals surface area contributed by atoms with E-state index in [9.17, 15) is 0 Å². The van der Waals surface area contributed by atoms with Crippen molar-refractivity contribution in [3.05, 3.63) is 143 Å². The average Bonchev–Trinajstić information content (AvgIpc) is 3.48. The molecule has 0 radical (unpaired) electrons. The summed E-state index contributed by atoms with van der Waals surface area (Å²) in [5, 5.41) is 2.80. The largest absolute Gasteiger partial charge is 0.0620 e. The molecule has 0 amide bonds. The summed E-state index contributed by atoms with van der Waals surface area (Å²) in [4.78, 5) is 0. The smallest absolute Gasteiger partial charge is 0.0540 e. The molecule has 0 aromatic heterocycles. The molecule has 0 heteroatoms. The van der Waals surface area contributed by atoms with Crippen LogP contribution in [0.5, 0.6) is 0 Å².